The van der Waals surface area contributed by atoms with E-state index in [9.17, 15) is 9.90 Å². The molecule has 1 fully saturated rings. The Labute approximate surface area is 108 Å². The molecule has 4 nitrogen and oxygen atoms in total. The lowest BCUT2D eigenvalue weighted by molar-refractivity contribution is -0.125. The molecule has 0 aromatic heterocycles. The molecule has 18 heavy (non-hydrogen) atoms. The largest absolute Gasteiger partial charge is 0.392 e. The summed E-state index contributed by atoms with van der Waals surface area (Å²) in [7, 11) is 0. The van der Waals surface area contributed by atoms with Crippen LogP contribution >= 0.6 is 0 Å². The van der Waals surface area contributed by atoms with Crippen molar-refractivity contribution in [1.29, 1.82) is 0 Å². The summed E-state index contributed by atoms with van der Waals surface area (Å²) in [5.41, 5.74) is 1.10. The van der Waals surface area contributed by atoms with Crippen molar-refractivity contribution in [2.75, 3.05) is 13.1 Å². The second kappa shape index (κ2) is 5.98. The zero-order chi connectivity index (χ0) is 13.0. The van der Waals surface area contributed by atoms with E-state index in [2.05, 4.69) is 5.32 Å². The fourth-order valence-corrected chi connectivity index (χ4v) is 2.22. The number of nitrogens with one attached hydrogen (secondary N) is 1. The Morgan fingerprint density at radius 2 is 2.22 bits per heavy atom. The van der Waals surface area contributed by atoms with Crippen LogP contribution in [0.3, 0.4) is 0 Å². The maximum atomic E-state index is 12.0. The van der Waals surface area contributed by atoms with Gasteiger partial charge in [-0.1, -0.05) is 30.3 Å². The van der Waals surface area contributed by atoms with E-state index in [4.69, 9.17) is 0 Å². The van der Waals surface area contributed by atoms with Crippen LogP contribution in [0.1, 0.15) is 18.9 Å². The lowest BCUT2D eigenvalue weighted by Gasteiger charge is -2.22. The van der Waals surface area contributed by atoms with E-state index < -0.39 is 0 Å². The molecule has 0 saturated carbocycles. The molecule has 1 aromatic carbocycles. The van der Waals surface area contributed by atoms with Gasteiger partial charge in [0.25, 0.3) is 0 Å². The van der Waals surface area contributed by atoms with E-state index in [0.717, 1.165) is 18.5 Å². The topological polar surface area (TPSA) is 52.6 Å². The van der Waals surface area contributed by atoms with E-state index in [1.165, 1.54) is 0 Å². The van der Waals surface area contributed by atoms with Gasteiger partial charge in [-0.25, -0.2) is 0 Å². The smallest absolute Gasteiger partial charge is 0.237 e. The first kappa shape index (κ1) is 13.1. The molecular formula is C14H20N2O2. The maximum absolute atomic E-state index is 12.0. The van der Waals surface area contributed by atoms with Gasteiger partial charge in [-0.15, -0.1) is 0 Å². The van der Waals surface area contributed by atoms with Crippen LogP contribution in [0.5, 0.6) is 0 Å². The SMILES string of the molecule is CC(C(=O)NCc1ccccc1)N1CC[C@@H](O)C1. The average Bonchev–Trinajstić information content (AvgIpc) is 2.83. The summed E-state index contributed by atoms with van der Waals surface area (Å²) < 4.78 is 0. The van der Waals surface area contributed by atoms with Crippen molar-refractivity contribution in [3.63, 3.8) is 0 Å². The van der Waals surface area contributed by atoms with E-state index in [1.807, 2.05) is 42.2 Å². The second-order valence-corrected chi connectivity index (χ2v) is 4.82. The monoisotopic (exact) mass is 248 g/mol. The number of amides is 1. The van der Waals surface area contributed by atoms with Gasteiger partial charge >= 0.3 is 0 Å². The zero-order valence-corrected chi connectivity index (χ0v) is 10.7. The van der Waals surface area contributed by atoms with Crippen LogP contribution < -0.4 is 5.32 Å². The molecule has 1 aliphatic rings. The summed E-state index contributed by atoms with van der Waals surface area (Å²) in [6, 6.07) is 9.68. The van der Waals surface area contributed by atoms with Crippen molar-refractivity contribution < 1.29 is 9.90 Å². The summed E-state index contributed by atoms with van der Waals surface area (Å²) in [5, 5.41) is 12.4. The van der Waals surface area contributed by atoms with Crippen molar-refractivity contribution in [1.82, 2.24) is 10.2 Å². The minimum absolute atomic E-state index is 0.0213. The predicted molar refractivity (Wildman–Crippen MR) is 69.9 cm³/mol. The van der Waals surface area contributed by atoms with Crippen molar-refractivity contribution >= 4 is 5.91 Å². The Hall–Kier alpha value is -1.39. The van der Waals surface area contributed by atoms with E-state index in [-0.39, 0.29) is 18.1 Å². The summed E-state index contributed by atoms with van der Waals surface area (Å²) in [4.78, 5) is 14.0. The number of hydrogen-bond donors (Lipinski definition) is 2. The molecular weight excluding hydrogens is 228 g/mol. The van der Waals surface area contributed by atoms with Crippen LogP contribution in [0.2, 0.25) is 0 Å². The van der Waals surface area contributed by atoms with Gasteiger partial charge in [-0.05, 0) is 18.9 Å². The molecule has 1 heterocycles. The molecule has 1 saturated heterocycles. The number of rotatable bonds is 4. The standard InChI is InChI=1S/C14H20N2O2/c1-11(16-8-7-13(17)10-16)14(18)15-9-12-5-3-2-4-6-12/h2-6,11,13,17H,7-10H2,1H3,(H,15,18)/t11?,13-/m1/s1. The van der Waals surface area contributed by atoms with Gasteiger partial charge in [-0.3, -0.25) is 9.69 Å². The Kier molecular flexibility index (Phi) is 4.33. The summed E-state index contributed by atoms with van der Waals surface area (Å²) in [6.45, 7) is 3.83. The number of hydrogen-bond acceptors (Lipinski definition) is 3. The molecule has 0 bridgehead atoms. The first-order valence-electron chi connectivity index (χ1n) is 6.40. The van der Waals surface area contributed by atoms with Crippen molar-refractivity contribution in [2.24, 2.45) is 0 Å². The highest BCUT2D eigenvalue weighted by Crippen LogP contribution is 2.12. The number of nitrogens with zero attached hydrogens (tertiary/aromatic N) is 1. The van der Waals surface area contributed by atoms with Crippen LogP contribution in [0.25, 0.3) is 0 Å². The number of benzene rings is 1. The van der Waals surface area contributed by atoms with Gasteiger partial charge in [0.15, 0.2) is 0 Å². The highest BCUT2D eigenvalue weighted by atomic mass is 16.3. The molecule has 4 heteroatoms. The van der Waals surface area contributed by atoms with Gasteiger partial charge in [0.2, 0.25) is 5.91 Å². The molecule has 0 spiro atoms. The Morgan fingerprint density at radius 3 is 2.83 bits per heavy atom. The fraction of sp³-hybridized carbons (Fsp3) is 0.500. The Morgan fingerprint density at radius 1 is 1.50 bits per heavy atom. The fourth-order valence-electron chi connectivity index (χ4n) is 2.22. The number of carbonyl (C=O) groups excluding carboxylic acids is 1. The lowest BCUT2D eigenvalue weighted by atomic mass is 10.2. The average molecular weight is 248 g/mol. The van der Waals surface area contributed by atoms with Gasteiger partial charge in [-0.2, -0.15) is 0 Å². The van der Waals surface area contributed by atoms with Gasteiger partial charge in [0.05, 0.1) is 12.1 Å². The molecule has 0 aliphatic carbocycles. The summed E-state index contributed by atoms with van der Waals surface area (Å²) in [5.74, 6) is 0.0213. The molecule has 1 unspecified atom stereocenters. The van der Waals surface area contributed by atoms with Crippen LogP contribution in [-0.2, 0) is 11.3 Å². The molecule has 1 aromatic rings. The first-order valence-corrected chi connectivity index (χ1v) is 6.40. The minimum Gasteiger partial charge on any atom is -0.392 e. The molecule has 2 rings (SSSR count). The number of aliphatic hydroxyl groups is 1. The van der Waals surface area contributed by atoms with Crippen LogP contribution in [0, 0.1) is 0 Å². The van der Waals surface area contributed by atoms with E-state index in [0.29, 0.717) is 13.1 Å². The van der Waals surface area contributed by atoms with Crippen LogP contribution in [0.4, 0.5) is 0 Å². The highest BCUT2D eigenvalue weighted by molar-refractivity contribution is 5.81. The number of carbonyl (C=O) groups is 1. The third-order valence-corrected chi connectivity index (χ3v) is 3.43. The molecule has 1 aliphatic heterocycles. The number of β-amino-alcohol motifs (C(OH)–C–C–N with tert-alkyl or cyclic N) is 1. The molecule has 1 amide bonds. The summed E-state index contributed by atoms with van der Waals surface area (Å²) >= 11 is 0. The Balaban J connectivity index is 1.81. The first-order chi connectivity index (χ1) is 8.66. The Bertz CT molecular complexity index is 394. The third-order valence-electron chi connectivity index (χ3n) is 3.43. The van der Waals surface area contributed by atoms with E-state index in [1.54, 1.807) is 0 Å². The second-order valence-electron chi connectivity index (χ2n) is 4.82. The van der Waals surface area contributed by atoms with Crippen LogP contribution in [-0.4, -0.2) is 41.1 Å². The number of likely N-dealkylation sites (tertiary alicyclic amines) is 1. The maximum Gasteiger partial charge on any atom is 0.237 e. The van der Waals surface area contributed by atoms with Crippen molar-refractivity contribution in [2.45, 2.75) is 32.0 Å². The molecule has 98 valence electrons. The van der Waals surface area contributed by atoms with Crippen molar-refractivity contribution in [3.05, 3.63) is 35.9 Å². The van der Waals surface area contributed by atoms with Gasteiger partial charge < -0.3 is 10.4 Å². The van der Waals surface area contributed by atoms with Crippen molar-refractivity contribution in [3.8, 4) is 0 Å². The lowest BCUT2D eigenvalue weighted by Crippen LogP contribution is -2.44. The molecule has 0 radical (unpaired) electrons. The normalized spacial score (nSPS) is 21.8. The predicted octanol–water partition coefficient (Wildman–Crippen LogP) is 0.758. The summed E-state index contributed by atoms with van der Waals surface area (Å²) in [6.07, 6.45) is 0.477. The van der Waals surface area contributed by atoms with Gasteiger partial charge in [0, 0.05) is 19.6 Å². The van der Waals surface area contributed by atoms with E-state index >= 15 is 0 Å². The quantitative estimate of drug-likeness (QED) is 0.827. The minimum atomic E-state index is -0.283. The zero-order valence-electron chi connectivity index (χ0n) is 10.7. The van der Waals surface area contributed by atoms with Crippen LogP contribution in [0.15, 0.2) is 30.3 Å². The third kappa shape index (κ3) is 3.31. The number of aliphatic hydroxyl groups excluding tert-OH is 1. The molecule has 2 atom stereocenters. The highest BCUT2D eigenvalue weighted by Gasteiger charge is 2.28. The molecule has 2 N–H and O–H groups in total. The van der Waals surface area contributed by atoms with Gasteiger partial charge in [0.1, 0.15) is 0 Å².